The van der Waals surface area contributed by atoms with Crippen LogP contribution < -0.4 is 0 Å². The maximum Gasteiger partial charge on any atom is 0.145 e. The highest BCUT2D eigenvalue weighted by Crippen LogP contribution is 2.05. The van der Waals surface area contributed by atoms with Crippen LogP contribution in [0.5, 0.6) is 0 Å². The van der Waals surface area contributed by atoms with E-state index in [1.54, 1.807) is 13.8 Å². The van der Waals surface area contributed by atoms with Gasteiger partial charge in [-0.1, -0.05) is 5.57 Å². The Balaban J connectivity index is 4.18. The highest BCUT2D eigenvalue weighted by Gasteiger charge is 1.98. The van der Waals surface area contributed by atoms with Gasteiger partial charge < -0.3 is 0 Å². The Hall–Kier alpha value is -0.920. The summed E-state index contributed by atoms with van der Waals surface area (Å²) in [6.07, 6.45) is 1.17. The summed E-state index contributed by atoms with van der Waals surface area (Å²) in [5, 5.41) is 0. The van der Waals surface area contributed by atoms with Crippen molar-refractivity contribution in [3.63, 3.8) is 0 Å². The molecule has 0 aromatic rings. The standard InChI is InChI=1S/C8H12O2/c1-6(4-8(3)10)7(2)5-9/h5H,4H2,1-3H3/b7-6-. The second-order valence-corrected chi connectivity index (χ2v) is 2.46. The number of hydrogen-bond donors (Lipinski definition) is 0. The van der Waals surface area contributed by atoms with Gasteiger partial charge in [-0.15, -0.1) is 0 Å². The molecule has 0 N–H and O–H groups in total. The number of allylic oxidation sites excluding steroid dienone is 2. The summed E-state index contributed by atoms with van der Waals surface area (Å²) >= 11 is 0. The van der Waals surface area contributed by atoms with Gasteiger partial charge in [0, 0.05) is 6.42 Å². The van der Waals surface area contributed by atoms with E-state index in [9.17, 15) is 9.59 Å². The van der Waals surface area contributed by atoms with Crippen LogP contribution in [0.2, 0.25) is 0 Å². The fraction of sp³-hybridized carbons (Fsp3) is 0.500. The largest absolute Gasteiger partial charge is 0.300 e. The lowest BCUT2D eigenvalue weighted by Crippen LogP contribution is -1.93. The number of Topliss-reactive ketones (excluding diaryl/α,β-unsaturated/α-hetero) is 1. The van der Waals surface area contributed by atoms with Gasteiger partial charge in [-0.25, -0.2) is 0 Å². The third kappa shape index (κ3) is 3.17. The molecule has 0 aliphatic heterocycles. The monoisotopic (exact) mass is 140 g/mol. The first-order valence-corrected chi connectivity index (χ1v) is 3.19. The number of ketones is 1. The third-order valence-corrected chi connectivity index (χ3v) is 1.36. The van der Waals surface area contributed by atoms with Crippen LogP contribution in [0.3, 0.4) is 0 Å². The average Bonchev–Trinajstić information content (AvgIpc) is 1.85. The number of rotatable bonds is 3. The lowest BCUT2D eigenvalue weighted by Gasteiger charge is -1.97. The van der Waals surface area contributed by atoms with Crippen LogP contribution >= 0.6 is 0 Å². The molecule has 0 fully saturated rings. The molecule has 0 atom stereocenters. The van der Waals surface area contributed by atoms with Crippen molar-refractivity contribution in [3.05, 3.63) is 11.1 Å². The van der Waals surface area contributed by atoms with Crippen molar-refractivity contribution in [1.29, 1.82) is 0 Å². The summed E-state index contributed by atoms with van der Waals surface area (Å²) in [4.78, 5) is 20.7. The van der Waals surface area contributed by atoms with Crippen LogP contribution in [0.1, 0.15) is 27.2 Å². The minimum Gasteiger partial charge on any atom is -0.300 e. The van der Waals surface area contributed by atoms with Crippen LogP contribution in [0, 0.1) is 0 Å². The van der Waals surface area contributed by atoms with Gasteiger partial charge in [0.25, 0.3) is 0 Å². The van der Waals surface area contributed by atoms with E-state index in [-0.39, 0.29) is 5.78 Å². The Morgan fingerprint density at radius 1 is 1.30 bits per heavy atom. The van der Waals surface area contributed by atoms with Gasteiger partial charge in [-0.2, -0.15) is 0 Å². The Kier molecular flexibility index (Phi) is 3.62. The van der Waals surface area contributed by atoms with Crippen molar-refractivity contribution in [1.82, 2.24) is 0 Å². The van der Waals surface area contributed by atoms with E-state index in [1.165, 1.54) is 6.92 Å². The van der Waals surface area contributed by atoms with Gasteiger partial charge in [0.05, 0.1) is 0 Å². The molecule has 0 saturated heterocycles. The summed E-state index contributed by atoms with van der Waals surface area (Å²) in [7, 11) is 0. The zero-order valence-electron chi connectivity index (χ0n) is 6.60. The number of carbonyl (C=O) groups excluding carboxylic acids is 2. The predicted octanol–water partition coefficient (Wildman–Crippen LogP) is 1.50. The number of aldehydes is 1. The quantitative estimate of drug-likeness (QED) is 0.439. The maximum absolute atomic E-state index is 10.5. The molecule has 0 bridgehead atoms. The van der Waals surface area contributed by atoms with Crippen molar-refractivity contribution in [3.8, 4) is 0 Å². The first kappa shape index (κ1) is 9.08. The summed E-state index contributed by atoms with van der Waals surface area (Å²) in [5.41, 5.74) is 1.53. The van der Waals surface area contributed by atoms with E-state index in [2.05, 4.69) is 0 Å². The summed E-state index contributed by atoms with van der Waals surface area (Å²) in [6.45, 7) is 5.03. The Morgan fingerprint density at radius 3 is 2.10 bits per heavy atom. The van der Waals surface area contributed by atoms with E-state index >= 15 is 0 Å². The highest BCUT2D eigenvalue weighted by atomic mass is 16.1. The average molecular weight is 140 g/mol. The van der Waals surface area contributed by atoms with Gasteiger partial charge >= 0.3 is 0 Å². The molecule has 0 rings (SSSR count). The number of hydrogen-bond acceptors (Lipinski definition) is 2. The fourth-order valence-corrected chi connectivity index (χ4v) is 0.613. The van der Waals surface area contributed by atoms with Crippen molar-refractivity contribution >= 4 is 12.1 Å². The molecule has 0 radical (unpaired) electrons. The fourth-order valence-electron chi connectivity index (χ4n) is 0.613. The van der Waals surface area contributed by atoms with E-state index in [1.807, 2.05) is 0 Å². The predicted molar refractivity (Wildman–Crippen MR) is 39.7 cm³/mol. The van der Waals surface area contributed by atoms with E-state index in [0.717, 1.165) is 11.9 Å². The molecule has 0 unspecified atom stereocenters. The molecule has 0 amide bonds. The van der Waals surface area contributed by atoms with Crippen LogP contribution in [-0.4, -0.2) is 12.1 Å². The molecule has 0 heterocycles. The topological polar surface area (TPSA) is 34.1 Å². The highest BCUT2D eigenvalue weighted by molar-refractivity contribution is 5.81. The lowest BCUT2D eigenvalue weighted by molar-refractivity contribution is -0.116. The molecule has 0 saturated carbocycles. The molecule has 0 aliphatic carbocycles. The molecule has 0 spiro atoms. The van der Waals surface area contributed by atoms with Crippen LogP contribution in [0.4, 0.5) is 0 Å². The van der Waals surface area contributed by atoms with Gasteiger partial charge in [-0.3, -0.25) is 9.59 Å². The van der Waals surface area contributed by atoms with E-state index in [4.69, 9.17) is 0 Å². The maximum atomic E-state index is 10.5. The minimum atomic E-state index is 0.0960. The zero-order chi connectivity index (χ0) is 8.15. The van der Waals surface area contributed by atoms with Crippen molar-refractivity contribution in [2.45, 2.75) is 27.2 Å². The van der Waals surface area contributed by atoms with Gasteiger partial charge in [0.15, 0.2) is 0 Å². The summed E-state index contributed by atoms with van der Waals surface area (Å²) < 4.78 is 0. The van der Waals surface area contributed by atoms with Crippen molar-refractivity contribution < 1.29 is 9.59 Å². The lowest BCUT2D eigenvalue weighted by atomic mass is 10.1. The number of carbonyl (C=O) groups is 2. The Labute approximate surface area is 60.9 Å². The van der Waals surface area contributed by atoms with Crippen molar-refractivity contribution in [2.24, 2.45) is 0 Å². The summed E-state index contributed by atoms with van der Waals surface area (Å²) in [5.74, 6) is 0.0960. The van der Waals surface area contributed by atoms with Crippen LogP contribution in [-0.2, 0) is 9.59 Å². The molecule has 10 heavy (non-hydrogen) atoms. The SMILES string of the molecule is CC(=O)C/C(C)=C(/C)C=O. The smallest absolute Gasteiger partial charge is 0.145 e. The van der Waals surface area contributed by atoms with Gasteiger partial charge in [-0.05, 0) is 26.3 Å². The summed E-state index contributed by atoms with van der Waals surface area (Å²) in [6, 6.07) is 0. The molecule has 0 aromatic carbocycles. The minimum absolute atomic E-state index is 0.0960. The second-order valence-electron chi connectivity index (χ2n) is 2.46. The Morgan fingerprint density at radius 2 is 1.80 bits per heavy atom. The molecule has 0 aromatic heterocycles. The van der Waals surface area contributed by atoms with Crippen molar-refractivity contribution in [2.75, 3.05) is 0 Å². The van der Waals surface area contributed by atoms with E-state index in [0.29, 0.717) is 12.0 Å². The third-order valence-electron chi connectivity index (χ3n) is 1.36. The first-order valence-electron chi connectivity index (χ1n) is 3.19. The second kappa shape index (κ2) is 3.99. The molecular weight excluding hydrogens is 128 g/mol. The van der Waals surface area contributed by atoms with Gasteiger partial charge in [0.1, 0.15) is 12.1 Å². The Bertz CT molecular complexity index is 178. The van der Waals surface area contributed by atoms with Crippen LogP contribution in [0.25, 0.3) is 0 Å². The molecular formula is C8H12O2. The molecule has 2 nitrogen and oxygen atoms in total. The van der Waals surface area contributed by atoms with Gasteiger partial charge in [0.2, 0.25) is 0 Å². The van der Waals surface area contributed by atoms with Crippen LogP contribution in [0.15, 0.2) is 11.1 Å². The molecule has 2 heteroatoms. The van der Waals surface area contributed by atoms with E-state index < -0.39 is 0 Å². The normalized spacial score (nSPS) is 12.3. The first-order chi connectivity index (χ1) is 4.57. The molecule has 56 valence electrons. The molecule has 0 aliphatic rings. The zero-order valence-corrected chi connectivity index (χ0v) is 6.60.